The van der Waals surface area contributed by atoms with Crippen molar-refractivity contribution >= 4 is 11.6 Å². The van der Waals surface area contributed by atoms with Gasteiger partial charge in [0.1, 0.15) is 5.82 Å². The third-order valence-electron chi connectivity index (χ3n) is 2.41. The molecule has 1 atom stereocenters. The van der Waals surface area contributed by atoms with E-state index in [-0.39, 0.29) is 11.9 Å². The predicted octanol–water partition coefficient (Wildman–Crippen LogP) is 3.19. The summed E-state index contributed by atoms with van der Waals surface area (Å²) in [6, 6.07) is 4.78. The summed E-state index contributed by atoms with van der Waals surface area (Å²) >= 11 is 5.94. The molecule has 0 heterocycles. The van der Waals surface area contributed by atoms with Crippen LogP contribution in [-0.4, -0.2) is 13.1 Å². The molecule has 0 saturated carbocycles. The first-order chi connectivity index (χ1) is 7.06. The van der Waals surface area contributed by atoms with Gasteiger partial charge in [-0.05, 0) is 32.5 Å². The molecule has 0 spiro atoms. The maximum atomic E-state index is 13.5. The van der Waals surface area contributed by atoms with E-state index in [1.54, 1.807) is 12.1 Å². The Bertz CT molecular complexity index is 342. The van der Waals surface area contributed by atoms with Gasteiger partial charge < -0.3 is 5.32 Å². The van der Waals surface area contributed by atoms with Crippen LogP contribution in [0.15, 0.2) is 30.4 Å². The normalized spacial score (nSPS) is 12.5. The van der Waals surface area contributed by atoms with Gasteiger partial charge in [0.15, 0.2) is 0 Å². The first kappa shape index (κ1) is 12.2. The van der Waals surface area contributed by atoms with Crippen LogP contribution in [0.5, 0.6) is 0 Å². The van der Waals surface area contributed by atoms with E-state index in [4.69, 9.17) is 11.6 Å². The maximum absolute atomic E-state index is 13.5. The monoisotopic (exact) mass is 227 g/mol. The molecular formula is C12H15ClFN. The number of hydrogen-bond acceptors (Lipinski definition) is 1. The van der Waals surface area contributed by atoms with Crippen LogP contribution in [0.2, 0.25) is 5.02 Å². The molecular weight excluding hydrogens is 213 g/mol. The Morgan fingerprint density at radius 1 is 1.60 bits per heavy atom. The molecule has 0 amide bonds. The fraction of sp³-hybridized carbons (Fsp3) is 0.333. The molecule has 0 aliphatic carbocycles. The van der Waals surface area contributed by atoms with Crippen molar-refractivity contribution < 1.29 is 4.39 Å². The van der Waals surface area contributed by atoms with Crippen LogP contribution in [0, 0.1) is 5.82 Å². The van der Waals surface area contributed by atoms with Crippen molar-refractivity contribution in [3.05, 3.63) is 46.8 Å². The van der Waals surface area contributed by atoms with Crippen molar-refractivity contribution in [3.63, 3.8) is 0 Å². The zero-order chi connectivity index (χ0) is 11.4. The molecule has 0 saturated heterocycles. The van der Waals surface area contributed by atoms with E-state index < -0.39 is 0 Å². The van der Waals surface area contributed by atoms with E-state index in [0.717, 1.165) is 5.57 Å². The van der Waals surface area contributed by atoms with E-state index in [1.807, 2.05) is 14.0 Å². The molecule has 1 N–H and O–H groups in total. The second-order valence-corrected chi connectivity index (χ2v) is 4.00. The number of benzene rings is 1. The molecule has 0 fully saturated rings. The van der Waals surface area contributed by atoms with Gasteiger partial charge in [0, 0.05) is 16.6 Å². The fourth-order valence-corrected chi connectivity index (χ4v) is 1.69. The molecule has 0 bridgehead atoms. The molecule has 0 aromatic heterocycles. The molecule has 15 heavy (non-hydrogen) atoms. The van der Waals surface area contributed by atoms with Gasteiger partial charge in [0.2, 0.25) is 0 Å². The number of likely N-dealkylation sites (N-methyl/N-ethyl adjacent to an activating group) is 1. The first-order valence-corrected chi connectivity index (χ1v) is 5.19. The van der Waals surface area contributed by atoms with E-state index in [2.05, 4.69) is 11.9 Å². The summed E-state index contributed by atoms with van der Waals surface area (Å²) in [7, 11) is 1.83. The minimum absolute atomic E-state index is 0.0550. The molecule has 3 heteroatoms. The summed E-state index contributed by atoms with van der Waals surface area (Å²) in [6.07, 6.45) is 0.525. The van der Waals surface area contributed by atoms with Crippen LogP contribution in [0.1, 0.15) is 12.5 Å². The van der Waals surface area contributed by atoms with Crippen LogP contribution in [0.3, 0.4) is 0 Å². The van der Waals surface area contributed by atoms with E-state index in [1.165, 1.54) is 6.07 Å². The van der Waals surface area contributed by atoms with Gasteiger partial charge in [-0.25, -0.2) is 4.39 Å². The Hall–Kier alpha value is -0.860. The molecule has 82 valence electrons. The van der Waals surface area contributed by atoms with Crippen molar-refractivity contribution in [3.8, 4) is 0 Å². The second kappa shape index (κ2) is 5.29. The number of rotatable bonds is 4. The average molecular weight is 228 g/mol. The molecule has 1 aromatic rings. The van der Waals surface area contributed by atoms with Gasteiger partial charge in [-0.1, -0.05) is 29.8 Å². The third-order valence-corrected chi connectivity index (χ3v) is 2.77. The zero-order valence-corrected chi connectivity index (χ0v) is 9.74. The third kappa shape index (κ3) is 3.05. The Morgan fingerprint density at radius 3 is 2.73 bits per heavy atom. The summed E-state index contributed by atoms with van der Waals surface area (Å²) in [5.41, 5.74) is 1.51. The molecule has 1 aromatic carbocycles. The Morgan fingerprint density at radius 2 is 2.27 bits per heavy atom. The fourth-order valence-electron chi connectivity index (χ4n) is 1.45. The van der Waals surface area contributed by atoms with Crippen LogP contribution >= 0.6 is 11.6 Å². The lowest BCUT2D eigenvalue weighted by atomic mass is 10.0. The Labute approximate surface area is 95.0 Å². The highest BCUT2D eigenvalue weighted by Gasteiger charge is 2.13. The van der Waals surface area contributed by atoms with E-state index >= 15 is 0 Å². The molecule has 0 aliphatic heterocycles. The van der Waals surface area contributed by atoms with Crippen molar-refractivity contribution in [2.45, 2.75) is 19.4 Å². The quantitative estimate of drug-likeness (QED) is 0.779. The Kier molecular flexibility index (Phi) is 4.30. The summed E-state index contributed by atoms with van der Waals surface area (Å²) in [5.74, 6) is -0.260. The van der Waals surface area contributed by atoms with Crippen LogP contribution < -0.4 is 5.32 Å². The summed E-state index contributed by atoms with van der Waals surface area (Å²) in [5, 5.41) is 3.55. The van der Waals surface area contributed by atoms with E-state index in [0.29, 0.717) is 17.0 Å². The van der Waals surface area contributed by atoms with Crippen molar-refractivity contribution in [1.82, 2.24) is 5.32 Å². The maximum Gasteiger partial charge on any atom is 0.127 e. The van der Waals surface area contributed by atoms with Gasteiger partial charge in [0.25, 0.3) is 0 Å². The summed E-state index contributed by atoms with van der Waals surface area (Å²) in [6.45, 7) is 5.77. The van der Waals surface area contributed by atoms with Gasteiger partial charge in [-0.2, -0.15) is 0 Å². The van der Waals surface area contributed by atoms with Crippen LogP contribution in [-0.2, 0) is 6.42 Å². The molecule has 0 aliphatic rings. The average Bonchev–Trinajstić information content (AvgIpc) is 2.17. The molecule has 1 nitrogen and oxygen atoms in total. The highest BCUT2D eigenvalue weighted by atomic mass is 35.5. The number of hydrogen-bond donors (Lipinski definition) is 1. The topological polar surface area (TPSA) is 12.0 Å². The van der Waals surface area contributed by atoms with E-state index in [9.17, 15) is 4.39 Å². The zero-order valence-electron chi connectivity index (χ0n) is 8.98. The van der Waals surface area contributed by atoms with Crippen molar-refractivity contribution in [2.75, 3.05) is 7.05 Å². The molecule has 1 rings (SSSR count). The van der Waals surface area contributed by atoms with Gasteiger partial charge in [-0.15, -0.1) is 0 Å². The van der Waals surface area contributed by atoms with Gasteiger partial charge in [0.05, 0.1) is 0 Å². The lowest BCUT2D eigenvalue weighted by Gasteiger charge is -2.17. The van der Waals surface area contributed by atoms with Crippen LogP contribution in [0.4, 0.5) is 4.39 Å². The number of nitrogens with one attached hydrogen (secondary N) is 1. The standard InChI is InChI=1S/C12H15ClFN/c1-8(2)12(15-3)7-9-10(13)5-4-6-11(9)14/h4-6,12,15H,1,7H2,2-3H3. The van der Waals surface area contributed by atoms with Gasteiger partial charge >= 0.3 is 0 Å². The van der Waals surface area contributed by atoms with Crippen molar-refractivity contribution in [2.24, 2.45) is 0 Å². The largest absolute Gasteiger partial charge is 0.313 e. The number of halogens is 2. The smallest absolute Gasteiger partial charge is 0.127 e. The highest BCUT2D eigenvalue weighted by Crippen LogP contribution is 2.21. The predicted molar refractivity (Wildman–Crippen MR) is 62.8 cm³/mol. The molecule has 1 unspecified atom stereocenters. The SMILES string of the molecule is C=C(C)C(Cc1c(F)cccc1Cl)NC. The van der Waals surface area contributed by atoms with Crippen LogP contribution in [0.25, 0.3) is 0 Å². The van der Waals surface area contributed by atoms with Gasteiger partial charge in [-0.3, -0.25) is 0 Å². The summed E-state index contributed by atoms with van der Waals surface area (Å²) < 4.78 is 13.5. The minimum atomic E-state index is -0.260. The Balaban J connectivity index is 2.92. The lowest BCUT2D eigenvalue weighted by molar-refractivity contribution is 0.576. The highest BCUT2D eigenvalue weighted by molar-refractivity contribution is 6.31. The first-order valence-electron chi connectivity index (χ1n) is 4.81. The second-order valence-electron chi connectivity index (χ2n) is 3.59. The lowest BCUT2D eigenvalue weighted by Crippen LogP contribution is -2.28. The summed E-state index contributed by atoms with van der Waals surface area (Å²) in [4.78, 5) is 0. The van der Waals surface area contributed by atoms with Crippen molar-refractivity contribution in [1.29, 1.82) is 0 Å². The molecule has 0 radical (unpaired) electrons. The minimum Gasteiger partial charge on any atom is -0.313 e.